The second kappa shape index (κ2) is 3.59. The summed E-state index contributed by atoms with van der Waals surface area (Å²) in [7, 11) is 0. The summed E-state index contributed by atoms with van der Waals surface area (Å²) in [5, 5.41) is 3.51. The first kappa shape index (κ1) is 11.5. The quantitative estimate of drug-likeness (QED) is 0.813. The standard InChI is InChI=1S/C16H25NO/c1-15(14(18)2-3-17-15)10-16-7-11-4-12(8-16)6-13(5-11)9-16/h11-13,17H,2-10H2,1H3. The summed E-state index contributed by atoms with van der Waals surface area (Å²) in [6.45, 7) is 3.07. The number of ketones is 1. The van der Waals surface area contributed by atoms with Gasteiger partial charge in [0, 0.05) is 13.0 Å². The van der Waals surface area contributed by atoms with Crippen LogP contribution < -0.4 is 5.32 Å². The summed E-state index contributed by atoms with van der Waals surface area (Å²) in [4.78, 5) is 12.2. The van der Waals surface area contributed by atoms with Crippen LogP contribution in [0.1, 0.15) is 58.3 Å². The van der Waals surface area contributed by atoms with Gasteiger partial charge >= 0.3 is 0 Å². The van der Waals surface area contributed by atoms with E-state index in [1.165, 1.54) is 38.5 Å². The zero-order chi connectivity index (χ0) is 12.4. The van der Waals surface area contributed by atoms with Crippen LogP contribution in [0.3, 0.4) is 0 Å². The average molecular weight is 247 g/mol. The van der Waals surface area contributed by atoms with Gasteiger partial charge in [-0.1, -0.05) is 0 Å². The lowest BCUT2D eigenvalue weighted by Gasteiger charge is -2.58. The van der Waals surface area contributed by atoms with Gasteiger partial charge < -0.3 is 5.32 Å². The van der Waals surface area contributed by atoms with E-state index in [4.69, 9.17) is 0 Å². The molecule has 0 aromatic heterocycles. The summed E-state index contributed by atoms with van der Waals surface area (Å²) >= 11 is 0. The van der Waals surface area contributed by atoms with E-state index in [2.05, 4.69) is 12.2 Å². The molecule has 5 fully saturated rings. The lowest BCUT2D eigenvalue weighted by molar-refractivity contribution is -0.126. The fraction of sp³-hybridized carbons (Fsp3) is 0.938. The van der Waals surface area contributed by atoms with Crippen molar-refractivity contribution >= 4 is 5.78 Å². The highest BCUT2D eigenvalue weighted by Crippen LogP contribution is 2.62. The summed E-state index contributed by atoms with van der Waals surface area (Å²) < 4.78 is 0. The molecular weight excluding hydrogens is 222 g/mol. The van der Waals surface area contributed by atoms with Crippen molar-refractivity contribution in [1.29, 1.82) is 0 Å². The second-order valence-corrected chi connectivity index (χ2v) is 8.03. The van der Waals surface area contributed by atoms with Gasteiger partial charge in [0.05, 0.1) is 5.54 Å². The Hall–Kier alpha value is -0.370. The molecule has 4 bridgehead atoms. The van der Waals surface area contributed by atoms with Crippen LogP contribution in [-0.4, -0.2) is 17.9 Å². The van der Waals surface area contributed by atoms with Crippen LogP contribution in [0.4, 0.5) is 0 Å². The highest BCUT2D eigenvalue weighted by atomic mass is 16.1. The van der Waals surface area contributed by atoms with Crippen molar-refractivity contribution in [3.63, 3.8) is 0 Å². The molecule has 0 amide bonds. The molecule has 1 aliphatic heterocycles. The van der Waals surface area contributed by atoms with Crippen molar-refractivity contribution in [3.05, 3.63) is 0 Å². The minimum atomic E-state index is -0.189. The molecular formula is C16H25NO. The van der Waals surface area contributed by atoms with Gasteiger partial charge in [0.1, 0.15) is 0 Å². The van der Waals surface area contributed by atoms with Crippen molar-refractivity contribution < 1.29 is 4.79 Å². The third-order valence-electron chi connectivity index (χ3n) is 6.38. The molecule has 0 spiro atoms. The molecule has 18 heavy (non-hydrogen) atoms. The SMILES string of the molecule is CC1(CC23CC4CC(CC(C4)C2)C3)NCCC1=O. The number of Topliss-reactive ketones (excluding diaryl/α,β-unsaturated/α-hetero) is 1. The Balaban J connectivity index is 1.59. The highest BCUT2D eigenvalue weighted by Gasteiger charge is 2.54. The maximum atomic E-state index is 12.2. The van der Waals surface area contributed by atoms with Gasteiger partial charge in [0.25, 0.3) is 0 Å². The summed E-state index contributed by atoms with van der Waals surface area (Å²) in [6.07, 6.45) is 10.6. The lowest BCUT2D eigenvalue weighted by Crippen LogP contribution is -2.53. The Morgan fingerprint density at radius 1 is 1.11 bits per heavy atom. The van der Waals surface area contributed by atoms with Crippen molar-refractivity contribution in [3.8, 4) is 0 Å². The van der Waals surface area contributed by atoms with Crippen LogP contribution in [0.5, 0.6) is 0 Å². The van der Waals surface area contributed by atoms with Gasteiger partial charge in [-0.2, -0.15) is 0 Å². The number of carbonyl (C=O) groups excluding carboxylic acids is 1. The molecule has 1 unspecified atom stereocenters. The predicted molar refractivity (Wildman–Crippen MR) is 71.3 cm³/mol. The van der Waals surface area contributed by atoms with Crippen LogP contribution >= 0.6 is 0 Å². The molecule has 0 aromatic carbocycles. The molecule has 1 N–H and O–H groups in total. The van der Waals surface area contributed by atoms with Gasteiger partial charge in [-0.15, -0.1) is 0 Å². The van der Waals surface area contributed by atoms with E-state index in [0.29, 0.717) is 11.2 Å². The van der Waals surface area contributed by atoms with Crippen molar-refractivity contribution in [2.75, 3.05) is 6.54 Å². The maximum absolute atomic E-state index is 12.2. The summed E-state index contributed by atoms with van der Waals surface area (Å²) in [5.74, 6) is 3.46. The van der Waals surface area contributed by atoms with E-state index < -0.39 is 0 Å². The predicted octanol–water partition coefficient (Wildman–Crippen LogP) is 2.91. The summed E-state index contributed by atoms with van der Waals surface area (Å²) in [5.41, 5.74) is 0.335. The molecule has 2 heteroatoms. The Morgan fingerprint density at radius 2 is 1.67 bits per heavy atom. The normalized spacial score (nSPS) is 54.3. The molecule has 1 atom stereocenters. The molecule has 5 rings (SSSR count). The molecule has 2 nitrogen and oxygen atoms in total. The highest BCUT2D eigenvalue weighted by molar-refractivity contribution is 5.90. The first-order valence-electron chi connectivity index (χ1n) is 7.85. The van der Waals surface area contributed by atoms with E-state index in [0.717, 1.165) is 37.1 Å². The molecule has 1 heterocycles. The molecule has 0 aromatic rings. The zero-order valence-corrected chi connectivity index (χ0v) is 11.5. The molecule has 5 aliphatic rings. The Kier molecular flexibility index (Phi) is 2.29. The Morgan fingerprint density at radius 3 is 2.11 bits per heavy atom. The van der Waals surface area contributed by atoms with E-state index in [9.17, 15) is 4.79 Å². The first-order chi connectivity index (χ1) is 8.57. The third kappa shape index (κ3) is 1.61. The minimum Gasteiger partial charge on any atom is -0.305 e. The molecule has 100 valence electrons. The number of hydrogen-bond donors (Lipinski definition) is 1. The topological polar surface area (TPSA) is 29.1 Å². The van der Waals surface area contributed by atoms with Crippen LogP contribution in [0.25, 0.3) is 0 Å². The van der Waals surface area contributed by atoms with Crippen molar-refractivity contribution in [2.45, 2.75) is 63.8 Å². The maximum Gasteiger partial charge on any atom is 0.153 e. The second-order valence-electron chi connectivity index (χ2n) is 8.03. The van der Waals surface area contributed by atoms with E-state index in [1.54, 1.807) is 0 Å². The average Bonchev–Trinajstić information content (AvgIpc) is 2.55. The number of hydrogen-bond acceptors (Lipinski definition) is 2. The number of rotatable bonds is 2. The molecule has 0 radical (unpaired) electrons. The van der Waals surface area contributed by atoms with Crippen molar-refractivity contribution in [1.82, 2.24) is 5.32 Å². The third-order valence-corrected chi connectivity index (χ3v) is 6.38. The van der Waals surface area contributed by atoms with Crippen LogP contribution in [0, 0.1) is 23.2 Å². The monoisotopic (exact) mass is 247 g/mol. The Bertz CT molecular complexity index is 353. The lowest BCUT2D eigenvalue weighted by atomic mass is 9.47. The van der Waals surface area contributed by atoms with E-state index >= 15 is 0 Å². The number of carbonyl (C=O) groups is 1. The number of nitrogens with one attached hydrogen (secondary N) is 1. The van der Waals surface area contributed by atoms with Gasteiger partial charge in [-0.3, -0.25) is 4.79 Å². The largest absolute Gasteiger partial charge is 0.305 e. The van der Waals surface area contributed by atoms with Crippen LogP contribution in [0.2, 0.25) is 0 Å². The smallest absolute Gasteiger partial charge is 0.153 e. The summed E-state index contributed by atoms with van der Waals surface area (Å²) in [6, 6.07) is 0. The fourth-order valence-corrected chi connectivity index (χ4v) is 6.24. The van der Waals surface area contributed by atoms with Gasteiger partial charge in [-0.05, 0) is 75.0 Å². The van der Waals surface area contributed by atoms with Crippen LogP contribution in [-0.2, 0) is 4.79 Å². The molecule has 4 saturated carbocycles. The minimum absolute atomic E-state index is 0.189. The van der Waals surface area contributed by atoms with Crippen LogP contribution in [0.15, 0.2) is 0 Å². The van der Waals surface area contributed by atoms with Crippen molar-refractivity contribution in [2.24, 2.45) is 23.2 Å². The fourth-order valence-electron chi connectivity index (χ4n) is 6.24. The van der Waals surface area contributed by atoms with Gasteiger partial charge in [0.2, 0.25) is 0 Å². The Labute approximate surface area is 110 Å². The molecule has 4 aliphatic carbocycles. The van der Waals surface area contributed by atoms with E-state index in [1.807, 2.05) is 0 Å². The first-order valence-corrected chi connectivity index (χ1v) is 7.85. The zero-order valence-electron chi connectivity index (χ0n) is 11.5. The van der Waals surface area contributed by atoms with E-state index in [-0.39, 0.29) is 5.54 Å². The molecule has 1 saturated heterocycles. The van der Waals surface area contributed by atoms with Gasteiger partial charge in [0.15, 0.2) is 5.78 Å². The van der Waals surface area contributed by atoms with Gasteiger partial charge in [-0.25, -0.2) is 0 Å².